The third-order valence-corrected chi connectivity index (χ3v) is 3.32. The van der Waals surface area contributed by atoms with Crippen LogP contribution in [0.4, 0.5) is 0 Å². The lowest BCUT2D eigenvalue weighted by Crippen LogP contribution is -2.35. The van der Waals surface area contributed by atoms with Crippen LogP contribution in [0, 0.1) is 0 Å². The number of hydrogen-bond donors (Lipinski definition) is 1. The maximum Gasteiger partial charge on any atom is 0.255 e. The van der Waals surface area contributed by atoms with Gasteiger partial charge < -0.3 is 10.0 Å². The molecule has 6 heteroatoms. The minimum Gasteiger partial charge on any atom is -0.395 e. The van der Waals surface area contributed by atoms with Crippen molar-refractivity contribution in [1.82, 2.24) is 9.88 Å². The van der Waals surface area contributed by atoms with Crippen LogP contribution in [0.5, 0.6) is 0 Å². The van der Waals surface area contributed by atoms with E-state index in [-0.39, 0.29) is 28.7 Å². The van der Waals surface area contributed by atoms with Crippen LogP contribution in [0.15, 0.2) is 12.3 Å². The molecule has 1 saturated carbocycles. The van der Waals surface area contributed by atoms with Crippen LogP contribution in [0.1, 0.15) is 23.2 Å². The number of carbonyl (C=O) groups excluding carboxylic acids is 1. The van der Waals surface area contributed by atoms with Gasteiger partial charge in [0.05, 0.1) is 17.2 Å². The number of aromatic nitrogens is 1. The Morgan fingerprint density at radius 2 is 2.24 bits per heavy atom. The number of nitrogens with zero attached hydrogens (tertiary/aromatic N) is 2. The lowest BCUT2D eigenvalue weighted by molar-refractivity contribution is 0.0707. The average Bonchev–Trinajstić information content (AvgIpc) is 3.13. The van der Waals surface area contributed by atoms with Gasteiger partial charge in [-0.3, -0.25) is 4.79 Å². The number of aliphatic hydroxyl groups excluding tert-OH is 1. The van der Waals surface area contributed by atoms with E-state index in [4.69, 9.17) is 28.3 Å². The Kier molecular flexibility index (Phi) is 3.86. The highest BCUT2D eigenvalue weighted by atomic mass is 35.5. The van der Waals surface area contributed by atoms with Crippen molar-refractivity contribution in [3.8, 4) is 0 Å². The molecule has 1 aliphatic carbocycles. The Morgan fingerprint density at radius 3 is 2.76 bits per heavy atom. The summed E-state index contributed by atoms with van der Waals surface area (Å²) in [6.45, 7) is 0.292. The molecule has 0 aliphatic heterocycles. The predicted molar refractivity (Wildman–Crippen MR) is 65.4 cm³/mol. The number of rotatable bonds is 4. The van der Waals surface area contributed by atoms with E-state index >= 15 is 0 Å². The molecule has 1 amide bonds. The van der Waals surface area contributed by atoms with Crippen molar-refractivity contribution in [2.24, 2.45) is 0 Å². The van der Waals surface area contributed by atoms with Crippen LogP contribution in [-0.2, 0) is 0 Å². The molecule has 1 fully saturated rings. The fourth-order valence-corrected chi connectivity index (χ4v) is 1.92. The highest BCUT2D eigenvalue weighted by molar-refractivity contribution is 6.41. The molecule has 0 aromatic carbocycles. The van der Waals surface area contributed by atoms with Gasteiger partial charge in [0.15, 0.2) is 0 Å². The van der Waals surface area contributed by atoms with Gasteiger partial charge in [0.2, 0.25) is 0 Å². The molecule has 1 aliphatic rings. The second-order valence-electron chi connectivity index (χ2n) is 3.95. The SMILES string of the molecule is O=C(c1cnc(Cl)c(Cl)c1)N(CCO)C1CC1. The Labute approximate surface area is 109 Å². The zero-order valence-corrected chi connectivity index (χ0v) is 10.6. The number of carbonyl (C=O) groups is 1. The van der Waals surface area contributed by atoms with Gasteiger partial charge >= 0.3 is 0 Å². The summed E-state index contributed by atoms with van der Waals surface area (Å²) in [5.41, 5.74) is 0.403. The van der Waals surface area contributed by atoms with Crippen molar-refractivity contribution in [2.75, 3.05) is 13.2 Å². The van der Waals surface area contributed by atoms with Crippen LogP contribution in [-0.4, -0.2) is 40.1 Å². The Hall–Kier alpha value is -0.840. The minimum absolute atomic E-state index is 0.0447. The third kappa shape index (κ3) is 2.89. The molecule has 0 radical (unpaired) electrons. The smallest absolute Gasteiger partial charge is 0.255 e. The fraction of sp³-hybridized carbons (Fsp3) is 0.455. The zero-order chi connectivity index (χ0) is 12.4. The monoisotopic (exact) mass is 274 g/mol. The number of pyridine rings is 1. The molecule has 0 bridgehead atoms. The maximum atomic E-state index is 12.2. The molecule has 0 atom stereocenters. The van der Waals surface area contributed by atoms with Crippen molar-refractivity contribution in [1.29, 1.82) is 0 Å². The lowest BCUT2D eigenvalue weighted by Gasteiger charge is -2.21. The van der Waals surface area contributed by atoms with Crippen LogP contribution in [0.25, 0.3) is 0 Å². The molecule has 1 N–H and O–H groups in total. The third-order valence-electron chi connectivity index (χ3n) is 2.63. The summed E-state index contributed by atoms with van der Waals surface area (Å²) in [6.07, 6.45) is 3.38. The van der Waals surface area contributed by atoms with Crippen LogP contribution in [0.3, 0.4) is 0 Å². The lowest BCUT2D eigenvalue weighted by atomic mass is 10.2. The topological polar surface area (TPSA) is 53.4 Å². The molecular weight excluding hydrogens is 263 g/mol. The van der Waals surface area contributed by atoms with E-state index in [1.165, 1.54) is 12.3 Å². The van der Waals surface area contributed by atoms with Crippen molar-refractivity contribution in [2.45, 2.75) is 18.9 Å². The molecule has 4 nitrogen and oxygen atoms in total. The molecule has 92 valence electrons. The van der Waals surface area contributed by atoms with Crippen LogP contribution >= 0.6 is 23.2 Å². The van der Waals surface area contributed by atoms with E-state index in [1.54, 1.807) is 4.90 Å². The van der Waals surface area contributed by atoms with Gasteiger partial charge in [-0.25, -0.2) is 4.98 Å². The normalized spacial score (nSPS) is 14.8. The molecule has 1 aromatic heterocycles. The molecule has 2 rings (SSSR count). The fourth-order valence-electron chi connectivity index (χ4n) is 1.65. The Bertz CT molecular complexity index is 435. The first-order valence-electron chi connectivity index (χ1n) is 5.36. The van der Waals surface area contributed by atoms with Gasteiger partial charge in [0.25, 0.3) is 5.91 Å². The van der Waals surface area contributed by atoms with Crippen molar-refractivity contribution >= 4 is 29.1 Å². The minimum atomic E-state index is -0.160. The van der Waals surface area contributed by atoms with Gasteiger partial charge in [0, 0.05) is 18.8 Å². The number of aliphatic hydroxyl groups is 1. The summed E-state index contributed by atoms with van der Waals surface area (Å²) in [4.78, 5) is 17.7. The van der Waals surface area contributed by atoms with Gasteiger partial charge in [0.1, 0.15) is 5.15 Å². The molecule has 0 unspecified atom stereocenters. The highest BCUT2D eigenvalue weighted by Crippen LogP contribution is 2.28. The summed E-state index contributed by atoms with van der Waals surface area (Å²) >= 11 is 11.5. The van der Waals surface area contributed by atoms with Crippen molar-refractivity contribution in [3.05, 3.63) is 28.0 Å². The van der Waals surface area contributed by atoms with Gasteiger partial charge in [-0.1, -0.05) is 23.2 Å². The van der Waals surface area contributed by atoms with Crippen molar-refractivity contribution in [3.63, 3.8) is 0 Å². The molecule has 0 saturated heterocycles. The van der Waals surface area contributed by atoms with Crippen LogP contribution in [0.2, 0.25) is 10.2 Å². The van der Waals surface area contributed by atoms with Gasteiger partial charge in [-0.05, 0) is 18.9 Å². The predicted octanol–water partition coefficient (Wildman–Crippen LogP) is 1.99. The first-order chi connectivity index (χ1) is 8.13. The van der Waals surface area contributed by atoms with Crippen molar-refractivity contribution < 1.29 is 9.90 Å². The van der Waals surface area contributed by atoms with E-state index in [0.29, 0.717) is 12.1 Å². The summed E-state index contributed by atoms with van der Waals surface area (Å²) in [7, 11) is 0. The molecule has 1 heterocycles. The van der Waals surface area contributed by atoms with E-state index in [2.05, 4.69) is 4.98 Å². The molecule has 1 aromatic rings. The largest absolute Gasteiger partial charge is 0.395 e. The number of hydrogen-bond acceptors (Lipinski definition) is 3. The van der Waals surface area contributed by atoms with Gasteiger partial charge in [-0.2, -0.15) is 0 Å². The second-order valence-corrected chi connectivity index (χ2v) is 4.72. The van der Waals surface area contributed by atoms with Gasteiger partial charge in [-0.15, -0.1) is 0 Å². The quantitative estimate of drug-likeness (QED) is 0.855. The number of halogens is 2. The van der Waals surface area contributed by atoms with E-state index < -0.39 is 0 Å². The molecular formula is C11H12Cl2N2O2. The molecule has 17 heavy (non-hydrogen) atoms. The molecule has 0 spiro atoms. The maximum absolute atomic E-state index is 12.2. The number of amides is 1. The van der Waals surface area contributed by atoms with E-state index in [0.717, 1.165) is 12.8 Å². The first-order valence-corrected chi connectivity index (χ1v) is 6.12. The first kappa shape index (κ1) is 12.6. The van der Waals surface area contributed by atoms with E-state index in [1.807, 2.05) is 0 Å². The zero-order valence-electron chi connectivity index (χ0n) is 9.07. The summed E-state index contributed by atoms with van der Waals surface area (Å²) in [5, 5.41) is 9.40. The highest BCUT2D eigenvalue weighted by Gasteiger charge is 2.32. The average molecular weight is 275 g/mol. The summed E-state index contributed by atoms with van der Waals surface area (Å²) in [6, 6.07) is 1.75. The standard InChI is InChI=1S/C11H12Cl2N2O2/c12-9-5-7(6-14-10(9)13)11(17)15(3-4-16)8-1-2-8/h5-6,8,16H,1-4H2. The second kappa shape index (κ2) is 5.21. The Morgan fingerprint density at radius 1 is 1.53 bits per heavy atom. The van der Waals surface area contributed by atoms with E-state index in [9.17, 15) is 4.79 Å². The Balaban J connectivity index is 2.19. The summed E-state index contributed by atoms with van der Waals surface area (Å²) < 4.78 is 0. The van der Waals surface area contributed by atoms with Crippen LogP contribution < -0.4 is 0 Å². The summed E-state index contributed by atoms with van der Waals surface area (Å²) in [5.74, 6) is -0.160.